The lowest BCUT2D eigenvalue weighted by molar-refractivity contribution is 0.0839. The molecule has 1 saturated heterocycles. The number of rotatable bonds is 2. The fourth-order valence-electron chi connectivity index (χ4n) is 1.92. The highest BCUT2D eigenvalue weighted by atomic mass is 35.5. The highest BCUT2D eigenvalue weighted by Crippen LogP contribution is 2.30. The molecule has 88 valence electrons. The molecule has 2 N–H and O–H groups in total. The summed E-state index contributed by atoms with van der Waals surface area (Å²) in [5, 5.41) is 19.3. The molecule has 0 aromatic carbocycles. The van der Waals surface area contributed by atoms with Gasteiger partial charge in [0.05, 0.1) is 17.2 Å². The lowest BCUT2D eigenvalue weighted by atomic mass is 10.1. The van der Waals surface area contributed by atoms with Crippen LogP contribution in [0.5, 0.6) is 0 Å². The first-order valence-electron chi connectivity index (χ1n) is 5.24. The lowest BCUT2D eigenvalue weighted by Crippen LogP contribution is -2.30. The highest BCUT2D eigenvalue weighted by molar-refractivity contribution is 6.33. The zero-order valence-corrected chi connectivity index (χ0v) is 9.91. The SMILES string of the molecule is CC1(O)CCN(c2ncc(CO)cc2Cl)C1. The Balaban J connectivity index is 2.22. The number of aromatic nitrogens is 1. The summed E-state index contributed by atoms with van der Waals surface area (Å²) in [7, 11) is 0. The number of anilines is 1. The van der Waals surface area contributed by atoms with Gasteiger partial charge in [0.1, 0.15) is 5.82 Å². The molecule has 0 radical (unpaired) electrons. The molecule has 0 spiro atoms. The van der Waals surface area contributed by atoms with Crippen molar-refractivity contribution in [1.82, 2.24) is 4.98 Å². The third-order valence-corrected chi connectivity index (χ3v) is 3.09. The summed E-state index contributed by atoms with van der Waals surface area (Å²) in [5.74, 6) is 0.677. The minimum Gasteiger partial charge on any atom is -0.392 e. The van der Waals surface area contributed by atoms with Crippen molar-refractivity contribution >= 4 is 17.4 Å². The molecule has 1 aromatic heterocycles. The largest absolute Gasteiger partial charge is 0.392 e. The quantitative estimate of drug-likeness (QED) is 0.818. The van der Waals surface area contributed by atoms with Crippen molar-refractivity contribution in [3.8, 4) is 0 Å². The van der Waals surface area contributed by atoms with Gasteiger partial charge in [-0.3, -0.25) is 0 Å². The van der Waals surface area contributed by atoms with Gasteiger partial charge in [-0.2, -0.15) is 0 Å². The maximum Gasteiger partial charge on any atom is 0.147 e. The van der Waals surface area contributed by atoms with Gasteiger partial charge >= 0.3 is 0 Å². The van der Waals surface area contributed by atoms with Crippen LogP contribution < -0.4 is 4.90 Å². The molecular weight excluding hydrogens is 228 g/mol. The van der Waals surface area contributed by atoms with Crippen molar-refractivity contribution in [1.29, 1.82) is 0 Å². The summed E-state index contributed by atoms with van der Waals surface area (Å²) in [5.41, 5.74) is 0.0282. The molecule has 4 nitrogen and oxygen atoms in total. The lowest BCUT2D eigenvalue weighted by Gasteiger charge is -2.20. The van der Waals surface area contributed by atoms with Crippen LogP contribution in [0.4, 0.5) is 5.82 Å². The number of β-amino-alcohol motifs (C(OH)–C–C–N with tert-alkyl or cyclic N) is 1. The van der Waals surface area contributed by atoms with Crippen LogP contribution >= 0.6 is 11.6 Å². The fraction of sp³-hybridized carbons (Fsp3) is 0.545. The molecule has 2 heterocycles. The first-order valence-corrected chi connectivity index (χ1v) is 5.62. The van der Waals surface area contributed by atoms with Crippen LogP contribution in [0.15, 0.2) is 12.3 Å². The number of aliphatic hydroxyl groups is 2. The Hall–Kier alpha value is -0.840. The van der Waals surface area contributed by atoms with Crippen LogP contribution in [-0.4, -0.2) is 33.9 Å². The molecule has 0 amide bonds. The predicted octanol–water partition coefficient (Wildman–Crippen LogP) is 1.19. The van der Waals surface area contributed by atoms with Gasteiger partial charge in [-0.15, -0.1) is 0 Å². The second kappa shape index (κ2) is 4.20. The molecule has 1 unspecified atom stereocenters. The molecule has 1 aliphatic heterocycles. The smallest absolute Gasteiger partial charge is 0.147 e. The van der Waals surface area contributed by atoms with Crippen molar-refractivity contribution in [2.45, 2.75) is 25.6 Å². The molecular formula is C11H15ClN2O2. The normalized spacial score (nSPS) is 25.1. The van der Waals surface area contributed by atoms with E-state index in [1.165, 1.54) is 0 Å². The predicted molar refractivity (Wildman–Crippen MR) is 62.6 cm³/mol. The van der Waals surface area contributed by atoms with Crippen LogP contribution in [0.1, 0.15) is 18.9 Å². The third kappa shape index (κ3) is 2.29. The topological polar surface area (TPSA) is 56.6 Å². The Labute approximate surface area is 99.5 Å². The van der Waals surface area contributed by atoms with Crippen molar-refractivity contribution in [2.24, 2.45) is 0 Å². The second-order valence-electron chi connectivity index (χ2n) is 4.48. The zero-order chi connectivity index (χ0) is 11.8. The van der Waals surface area contributed by atoms with E-state index in [1.54, 1.807) is 12.3 Å². The van der Waals surface area contributed by atoms with Gasteiger partial charge in [-0.1, -0.05) is 11.6 Å². The van der Waals surface area contributed by atoms with Crippen molar-refractivity contribution < 1.29 is 10.2 Å². The van der Waals surface area contributed by atoms with E-state index in [4.69, 9.17) is 16.7 Å². The average molecular weight is 243 g/mol. The summed E-state index contributed by atoms with van der Waals surface area (Å²) in [6.45, 7) is 3.03. The first kappa shape index (κ1) is 11.6. The molecule has 1 aliphatic rings. The van der Waals surface area contributed by atoms with E-state index in [-0.39, 0.29) is 6.61 Å². The maximum absolute atomic E-state index is 9.87. The Morgan fingerprint density at radius 1 is 1.62 bits per heavy atom. The number of halogens is 1. The number of hydrogen-bond acceptors (Lipinski definition) is 4. The second-order valence-corrected chi connectivity index (χ2v) is 4.88. The van der Waals surface area contributed by atoms with Crippen LogP contribution in [0.2, 0.25) is 5.02 Å². The number of hydrogen-bond donors (Lipinski definition) is 2. The minimum absolute atomic E-state index is 0.0648. The third-order valence-electron chi connectivity index (χ3n) is 2.81. The van der Waals surface area contributed by atoms with Gasteiger partial charge in [0, 0.05) is 19.3 Å². The van der Waals surface area contributed by atoms with Crippen LogP contribution in [0.25, 0.3) is 0 Å². The Morgan fingerprint density at radius 3 is 2.88 bits per heavy atom. The number of pyridine rings is 1. The van der Waals surface area contributed by atoms with Crippen molar-refractivity contribution in [3.63, 3.8) is 0 Å². The molecule has 0 aliphatic carbocycles. The van der Waals surface area contributed by atoms with Gasteiger partial charge in [0.15, 0.2) is 0 Å². The van der Waals surface area contributed by atoms with E-state index in [0.717, 1.165) is 6.54 Å². The van der Waals surface area contributed by atoms with Gasteiger partial charge in [-0.05, 0) is 25.0 Å². The molecule has 16 heavy (non-hydrogen) atoms. The van der Waals surface area contributed by atoms with E-state index in [2.05, 4.69) is 4.98 Å². The summed E-state index contributed by atoms with van der Waals surface area (Å²) >= 11 is 6.08. The van der Waals surface area contributed by atoms with Gasteiger partial charge < -0.3 is 15.1 Å². The van der Waals surface area contributed by atoms with Gasteiger partial charge in [0.25, 0.3) is 0 Å². The molecule has 0 bridgehead atoms. The van der Waals surface area contributed by atoms with Crippen LogP contribution in [0, 0.1) is 0 Å². The maximum atomic E-state index is 9.87. The number of aliphatic hydroxyl groups excluding tert-OH is 1. The van der Waals surface area contributed by atoms with Crippen LogP contribution in [-0.2, 0) is 6.61 Å². The molecule has 1 atom stereocenters. The fourth-order valence-corrected chi connectivity index (χ4v) is 2.22. The van der Waals surface area contributed by atoms with E-state index < -0.39 is 5.60 Å². The van der Waals surface area contributed by atoms with Crippen molar-refractivity contribution in [2.75, 3.05) is 18.0 Å². The summed E-state index contributed by atoms with van der Waals surface area (Å²) in [6.07, 6.45) is 2.32. The summed E-state index contributed by atoms with van der Waals surface area (Å²) in [6, 6.07) is 1.71. The van der Waals surface area contributed by atoms with E-state index in [0.29, 0.717) is 29.4 Å². The highest BCUT2D eigenvalue weighted by Gasteiger charge is 2.32. The first-order chi connectivity index (χ1) is 7.52. The molecule has 2 rings (SSSR count). The van der Waals surface area contributed by atoms with E-state index in [9.17, 15) is 5.11 Å². The molecule has 1 aromatic rings. The van der Waals surface area contributed by atoms with E-state index in [1.807, 2.05) is 11.8 Å². The molecule has 1 fully saturated rings. The molecule has 5 heteroatoms. The monoisotopic (exact) mass is 242 g/mol. The Morgan fingerprint density at radius 2 is 2.38 bits per heavy atom. The van der Waals surface area contributed by atoms with Gasteiger partial charge in [0.2, 0.25) is 0 Å². The minimum atomic E-state index is -0.666. The van der Waals surface area contributed by atoms with Crippen molar-refractivity contribution in [3.05, 3.63) is 22.8 Å². The average Bonchev–Trinajstić information content (AvgIpc) is 2.58. The summed E-state index contributed by atoms with van der Waals surface area (Å²) < 4.78 is 0. The standard InChI is InChI=1S/C11H15ClN2O2/c1-11(16)2-3-14(7-11)10-9(12)4-8(6-15)5-13-10/h4-5,15-16H,2-3,6-7H2,1H3. The van der Waals surface area contributed by atoms with Gasteiger partial charge in [-0.25, -0.2) is 4.98 Å². The zero-order valence-electron chi connectivity index (χ0n) is 9.15. The number of nitrogens with zero attached hydrogens (tertiary/aromatic N) is 2. The van der Waals surface area contributed by atoms with Crippen LogP contribution in [0.3, 0.4) is 0 Å². The summed E-state index contributed by atoms with van der Waals surface area (Å²) in [4.78, 5) is 6.18. The molecule has 0 saturated carbocycles. The Kier molecular flexibility index (Phi) is 3.06. The Bertz CT molecular complexity index is 396. The van der Waals surface area contributed by atoms with E-state index >= 15 is 0 Å².